The van der Waals surface area contributed by atoms with Gasteiger partial charge in [-0.3, -0.25) is 0 Å². The van der Waals surface area contributed by atoms with E-state index in [-0.39, 0.29) is 0 Å². The van der Waals surface area contributed by atoms with Crippen molar-refractivity contribution in [3.8, 4) is 0 Å². The molecule has 0 saturated carbocycles. The molecule has 0 aliphatic carbocycles. The quantitative estimate of drug-likeness (QED) is 0.631. The summed E-state index contributed by atoms with van der Waals surface area (Å²) in [5.41, 5.74) is -2.37. The average molecular weight is 437 g/mol. The van der Waals surface area contributed by atoms with Crippen LogP contribution in [0.25, 0.3) is 0 Å². The van der Waals surface area contributed by atoms with Gasteiger partial charge < -0.3 is 0 Å². The van der Waals surface area contributed by atoms with Gasteiger partial charge in [0.2, 0.25) is 0 Å². The zero-order valence-corrected chi connectivity index (χ0v) is 18.8. The van der Waals surface area contributed by atoms with Crippen LogP contribution in [-0.4, -0.2) is 37.5 Å². The van der Waals surface area contributed by atoms with Gasteiger partial charge in [-0.25, -0.2) is 0 Å². The van der Waals surface area contributed by atoms with Gasteiger partial charge in [-0.1, -0.05) is 0 Å². The molecule has 0 heterocycles. The third-order valence-corrected chi connectivity index (χ3v) is 7.43. The molecule has 0 aromatic heterocycles. The van der Waals surface area contributed by atoms with E-state index in [1.54, 1.807) is 62.3 Å². The zero-order valence-electron chi connectivity index (χ0n) is 15.9. The monoisotopic (exact) mass is 438 g/mol. The number of rotatable bonds is 3. The molecule has 0 aromatic rings. The molecule has 0 aliphatic heterocycles. The molecule has 134 valence electrons. The number of carbonyl (C=O) groups is 3. The van der Waals surface area contributed by atoms with E-state index in [2.05, 4.69) is 0 Å². The fourth-order valence-corrected chi connectivity index (χ4v) is 6.89. The van der Waals surface area contributed by atoms with Gasteiger partial charge in [0.1, 0.15) is 0 Å². The van der Waals surface area contributed by atoms with Crippen LogP contribution in [0.4, 0.5) is 0 Å². The van der Waals surface area contributed by atoms with Crippen LogP contribution >= 0.6 is 0 Å². The second-order valence-corrected chi connectivity index (χ2v) is 15.5. The molecule has 0 bridgehead atoms. The first-order chi connectivity index (χ1) is 9.88. The fraction of sp³-hybridized carbons (Fsp3) is 0.812. The second kappa shape index (κ2) is 6.99. The molecule has 0 aliphatic rings. The van der Waals surface area contributed by atoms with Crippen molar-refractivity contribution >= 4 is 37.5 Å². The first-order valence-corrected chi connectivity index (χ1v) is 13.9. The Morgan fingerprint density at radius 3 is 0.870 bits per heavy atom. The average Bonchev–Trinajstić information content (AvgIpc) is 2.23. The maximum atomic E-state index is 12.2. The molecule has 23 heavy (non-hydrogen) atoms. The van der Waals surface area contributed by atoms with Crippen molar-refractivity contribution in [3.63, 3.8) is 0 Å². The summed E-state index contributed by atoms with van der Waals surface area (Å²) < 4.78 is 16.3. The van der Waals surface area contributed by atoms with Crippen LogP contribution in [0.1, 0.15) is 62.3 Å². The molecule has 0 N–H and O–H groups in total. The van der Waals surface area contributed by atoms with Gasteiger partial charge in [0, 0.05) is 0 Å². The van der Waals surface area contributed by atoms with Gasteiger partial charge in [-0.15, -0.1) is 0 Å². The van der Waals surface area contributed by atoms with Crippen LogP contribution in [0.2, 0.25) is 4.94 Å². The van der Waals surface area contributed by atoms with E-state index in [0.717, 1.165) is 0 Å². The zero-order chi connectivity index (χ0) is 18.9. The van der Waals surface area contributed by atoms with Crippen molar-refractivity contribution in [3.05, 3.63) is 0 Å². The van der Waals surface area contributed by atoms with Gasteiger partial charge in [-0.2, -0.15) is 0 Å². The van der Waals surface area contributed by atoms with E-state index in [0.29, 0.717) is 0 Å². The predicted molar refractivity (Wildman–Crippen MR) is 88.3 cm³/mol. The molecule has 0 aromatic carbocycles. The molecule has 0 saturated heterocycles. The van der Waals surface area contributed by atoms with Crippen LogP contribution in [0.15, 0.2) is 0 Å². The maximum absolute atomic E-state index is 12.2. The van der Waals surface area contributed by atoms with Crippen molar-refractivity contribution in [2.75, 3.05) is 0 Å². The van der Waals surface area contributed by atoms with Crippen molar-refractivity contribution in [2.45, 2.75) is 67.3 Å². The third kappa shape index (κ3) is 7.54. The van der Waals surface area contributed by atoms with Crippen molar-refractivity contribution in [1.29, 1.82) is 0 Å². The van der Waals surface area contributed by atoms with Gasteiger partial charge >= 0.3 is 145 Å². The van der Waals surface area contributed by atoms with E-state index in [1.165, 1.54) is 4.94 Å². The van der Waals surface area contributed by atoms with E-state index < -0.39 is 53.8 Å². The summed E-state index contributed by atoms with van der Waals surface area (Å²) in [6.07, 6.45) is 0. The number of hydrogen-bond acceptors (Lipinski definition) is 6. The van der Waals surface area contributed by atoms with Gasteiger partial charge in [0.25, 0.3) is 0 Å². The number of carbonyl (C=O) groups excluding carboxylic acids is 3. The molecule has 0 rings (SSSR count). The Kier molecular flexibility index (Phi) is 6.75. The van der Waals surface area contributed by atoms with Gasteiger partial charge in [0.15, 0.2) is 0 Å². The molecule has 0 amide bonds. The van der Waals surface area contributed by atoms with Crippen molar-refractivity contribution in [2.24, 2.45) is 16.2 Å². The summed E-state index contributed by atoms with van der Waals surface area (Å²) in [7, 11) is 0. The fourth-order valence-electron chi connectivity index (χ4n) is 1.03. The Hall–Kier alpha value is -0.791. The van der Waals surface area contributed by atoms with Crippen LogP contribution in [0, 0.1) is 16.2 Å². The standard InChI is InChI=1S/3C5H10O2.CH3.Sn/c3*1-5(2,3)4(6)7;;/h3*1-3H3,(H,6,7);1H3;/q;;;;+3/p-3. The van der Waals surface area contributed by atoms with Crippen molar-refractivity contribution < 1.29 is 23.6 Å². The summed E-state index contributed by atoms with van der Waals surface area (Å²) in [6, 6.07) is 0. The summed E-state index contributed by atoms with van der Waals surface area (Å²) >= 11 is -4.69. The first-order valence-electron chi connectivity index (χ1n) is 7.59. The molecule has 0 atom stereocenters. The Balaban J connectivity index is 5.48. The minimum atomic E-state index is -4.69. The van der Waals surface area contributed by atoms with E-state index in [9.17, 15) is 14.4 Å². The molecule has 0 unspecified atom stereocenters. The SMILES string of the molecule is CC(C)(C)C(=O)[O][Sn]([CH3])([O]C(=O)C(C)(C)C)[O]C(=O)C(C)(C)C. The third-order valence-electron chi connectivity index (χ3n) is 2.67. The minimum absolute atomic E-state index is 0.556. The molecule has 0 radical (unpaired) electrons. The van der Waals surface area contributed by atoms with E-state index >= 15 is 0 Å². The molecule has 0 spiro atoms. The van der Waals surface area contributed by atoms with Crippen LogP contribution in [0.3, 0.4) is 0 Å². The Morgan fingerprint density at radius 1 is 0.565 bits per heavy atom. The van der Waals surface area contributed by atoms with Crippen LogP contribution in [-0.2, 0) is 23.6 Å². The Morgan fingerprint density at radius 2 is 0.739 bits per heavy atom. The van der Waals surface area contributed by atoms with Crippen LogP contribution in [0.5, 0.6) is 0 Å². The van der Waals surface area contributed by atoms with Crippen LogP contribution < -0.4 is 0 Å². The van der Waals surface area contributed by atoms with Gasteiger partial charge in [0.05, 0.1) is 0 Å². The molecule has 6 nitrogen and oxygen atoms in total. The normalized spacial score (nSPS) is 13.3. The second-order valence-electron chi connectivity index (χ2n) is 8.78. The molecule has 0 fully saturated rings. The summed E-state index contributed by atoms with van der Waals surface area (Å²) in [6.45, 7) is 15.1. The number of hydrogen-bond donors (Lipinski definition) is 0. The summed E-state index contributed by atoms with van der Waals surface area (Å²) in [5.74, 6) is -1.67. The molecule has 7 heteroatoms. The van der Waals surface area contributed by atoms with E-state index in [4.69, 9.17) is 9.22 Å². The topological polar surface area (TPSA) is 78.9 Å². The van der Waals surface area contributed by atoms with E-state index in [1.807, 2.05) is 0 Å². The van der Waals surface area contributed by atoms with Crippen molar-refractivity contribution in [1.82, 2.24) is 0 Å². The molecular weight excluding hydrogens is 407 g/mol. The Labute approximate surface area is 144 Å². The summed E-state index contributed by atoms with van der Waals surface area (Å²) in [4.78, 5) is 38.0. The summed E-state index contributed by atoms with van der Waals surface area (Å²) in [5, 5.41) is 0. The first kappa shape index (κ1) is 22.2. The molecular formula is C16H30O6Sn. The van der Waals surface area contributed by atoms with Gasteiger partial charge in [-0.05, 0) is 0 Å². The predicted octanol–water partition coefficient (Wildman–Crippen LogP) is 3.32. The Bertz CT molecular complexity index is 407.